The summed E-state index contributed by atoms with van der Waals surface area (Å²) in [5.41, 5.74) is 0. The molecule has 0 aliphatic rings. The summed E-state index contributed by atoms with van der Waals surface area (Å²) in [4.78, 5) is 13.0. The van der Waals surface area contributed by atoms with Crippen LogP contribution in [0.2, 0.25) is 0 Å². The summed E-state index contributed by atoms with van der Waals surface area (Å²) in [7, 11) is 8.42. The summed E-state index contributed by atoms with van der Waals surface area (Å²) in [6, 6.07) is 3.59. The molecule has 4 heteroatoms. The highest BCUT2D eigenvalue weighted by atomic mass is 15.1. The molecule has 17 heavy (non-hydrogen) atoms. The van der Waals surface area contributed by atoms with Gasteiger partial charge >= 0.3 is 0 Å². The van der Waals surface area contributed by atoms with Crippen LogP contribution in [0.25, 0.3) is 0 Å². The minimum absolute atomic E-state index is 0.285. The van der Waals surface area contributed by atoms with E-state index in [0.29, 0.717) is 6.04 Å². The van der Waals surface area contributed by atoms with E-state index < -0.39 is 0 Å². The van der Waals surface area contributed by atoms with Crippen LogP contribution in [-0.4, -0.2) is 69.2 Å². The van der Waals surface area contributed by atoms with Crippen LogP contribution < -0.4 is 0 Å². The normalized spacial score (nSPS) is 14.6. The zero-order valence-electron chi connectivity index (χ0n) is 12.3. The Hall–Kier alpha value is -0.700. The van der Waals surface area contributed by atoms with Crippen molar-refractivity contribution in [3.05, 3.63) is 0 Å². The van der Waals surface area contributed by atoms with Crippen molar-refractivity contribution in [2.24, 2.45) is 9.98 Å². The molecule has 0 bridgehead atoms. The molecule has 0 aromatic carbocycles. The molecule has 0 heterocycles. The van der Waals surface area contributed by atoms with Gasteiger partial charge in [0.05, 0.1) is 12.1 Å². The van der Waals surface area contributed by atoms with E-state index >= 15 is 0 Å². The Morgan fingerprint density at radius 1 is 1.12 bits per heavy atom. The van der Waals surface area contributed by atoms with Gasteiger partial charge in [-0.15, -0.1) is 0 Å². The molecule has 0 N–H and O–H groups in total. The molecule has 0 aliphatic carbocycles. The van der Waals surface area contributed by atoms with Gasteiger partial charge in [0.15, 0.2) is 0 Å². The average molecular weight is 240 g/mol. The highest BCUT2D eigenvalue weighted by Gasteiger charge is 2.20. The summed E-state index contributed by atoms with van der Waals surface area (Å²) in [5.74, 6) is 0. The molecule has 0 rings (SSSR count). The van der Waals surface area contributed by atoms with Crippen LogP contribution in [0, 0.1) is 0 Å². The summed E-state index contributed by atoms with van der Waals surface area (Å²) in [6.45, 7) is 6.01. The standard InChI is InChI=1S/C13H28N4/c1-7-13(17(5)6)12(9-10-16(3)4)15-11-14-8-2/h12-13H,7-10H2,1-6H3. The van der Waals surface area contributed by atoms with Crippen molar-refractivity contribution in [2.45, 2.75) is 38.8 Å². The van der Waals surface area contributed by atoms with Gasteiger partial charge in [0.25, 0.3) is 0 Å². The van der Waals surface area contributed by atoms with E-state index in [9.17, 15) is 0 Å². The van der Waals surface area contributed by atoms with Crippen molar-refractivity contribution in [1.29, 1.82) is 0 Å². The summed E-state index contributed by atoms with van der Waals surface area (Å²) < 4.78 is 0. The van der Waals surface area contributed by atoms with Crippen LogP contribution in [0.3, 0.4) is 0 Å². The van der Waals surface area contributed by atoms with Gasteiger partial charge in [-0.3, -0.25) is 0 Å². The van der Waals surface area contributed by atoms with E-state index in [1.54, 1.807) is 0 Å². The molecule has 0 fully saturated rings. The predicted octanol–water partition coefficient (Wildman–Crippen LogP) is 1.84. The number of likely N-dealkylation sites (N-methyl/N-ethyl adjacent to an activating group) is 1. The van der Waals surface area contributed by atoms with E-state index in [2.05, 4.69) is 60.9 Å². The fourth-order valence-corrected chi connectivity index (χ4v) is 1.90. The molecule has 2 atom stereocenters. The molecule has 0 radical (unpaired) electrons. The molecule has 2 unspecified atom stereocenters. The first-order valence-corrected chi connectivity index (χ1v) is 6.45. The number of hydrogen-bond acceptors (Lipinski definition) is 4. The molecule has 0 aromatic rings. The van der Waals surface area contributed by atoms with Crippen molar-refractivity contribution in [3.63, 3.8) is 0 Å². The Labute approximate surface area is 106 Å². The van der Waals surface area contributed by atoms with Crippen LogP contribution in [0.4, 0.5) is 0 Å². The van der Waals surface area contributed by atoms with E-state index in [1.165, 1.54) is 0 Å². The van der Waals surface area contributed by atoms with E-state index in [4.69, 9.17) is 0 Å². The molecule has 0 amide bonds. The van der Waals surface area contributed by atoms with Crippen molar-refractivity contribution >= 4 is 6.01 Å². The zero-order chi connectivity index (χ0) is 13.3. The van der Waals surface area contributed by atoms with Gasteiger partial charge in [-0.25, -0.2) is 9.98 Å². The number of nitrogens with zero attached hydrogens (tertiary/aromatic N) is 4. The Bertz CT molecular complexity index is 242. The molecule has 0 saturated carbocycles. The summed E-state index contributed by atoms with van der Waals surface area (Å²) in [6.07, 6.45) is 2.15. The van der Waals surface area contributed by atoms with Crippen LogP contribution >= 0.6 is 0 Å². The fourth-order valence-electron chi connectivity index (χ4n) is 1.90. The predicted molar refractivity (Wildman–Crippen MR) is 75.1 cm³/mol. The first-order chi connectivity index (χ1) is 8.02. The Kier molecular flexibility index (Phi) is 8.96. The van der Waals surface area contributed by atoms with Crippen molar-refractivity contribution in [1.82, 2.24) is 9.80 Å². The molecule has 0 aromatic heterocycles. The van der Waals surface area contributed by atoms with Gasteiger partial charge in [0.1, 0.15) is 0 Å². The molecular weight excluding hydrogens is 212 g/mol. The van der Waals surface area contributed by atoms with Gasteiger partial charge in [-0.2, -0.15) is 0 Å². The van der Waals surface area contributed by atoms with Gasteiger partial charge in [-0.05, 0) is 54.5 Å². The Morgan fingerprint density at radius 2 is 1.76 bits per heavy atom. The fraction of sp³-hybridized carbons (Fsp3) is 0.923. The lowest BCUT2D eigenvalue weighted by Crippen LogP contribution is -2.39. The second-order valence-electron chi connectivity index (χ2n) is 4.80. The third-order valence-corrected chi connectivity index (χ3v) is 2.85. The highest BCUT2D eigenvalue weighted by Crippen LogP contribution is 2.12. The second-order valence-corrected chi connectivity index (χ2v) is 4.80. The molecular formula is C13H28N4. The SMILES string of the molecule is CCN=C=NC(CCN(C)C)C(CC)N(C)C. The van der Waals surface area contributed by atoms with Gasteiger partial charge in [-0.1, -0.05) is 6.92 Å². The number of hydrogen-bond donors (Lipinski definition) is 0. The molecule has 0 saturated heterocycles. The topological polar surface area (TPSA) is 31.2 Å². The molecule has 4 nitrogen and oxygen atoms in total. The quantitative estimate of drug-likeness (QED) is 0.606. The largest absolute Gasteiger partial charge is 0.309 e. The third-order valence-electron chi connectivity index (χ3n) is 2.85. The van der Waals surface area contributed by atoms with E-state index in [1.807, 2.05) is 6.92 Å². The Morgan fingerprint density at radius 3 is 2.18 bits per heavy atom. The smallest absolute Gasteiger partial charge is 0.0895 e. The lowest BCUT2D eigenvalue weighted by molar-refractivity contribution is 0.230. The zero-order valence-corrected chi connectivity index (χ0v) is 12.3. The summed E-state index contributed by atoms with van der Waals surface area (Å²) >= 11 is 0. The van der Waals surface area contributed by atoms with Gasteiger partial charge in [0, 0.05) is 12.6 Å². The summed E-state index contributed by atoms with van der Waals surface area (Å²) in [5, 5.41) is 0. The monoisotopic (exact) mass is 240 g/mol. The van der Waals surface area contributed by atoms with Crippen molar-refractivity contribution < 1.29 is 0 Å². The maximum Gasteiger partial charge on any atom is 0.0895 e. The molecule has 0 spiro atoms. The average Bonchev–Trinajstić information content (AvgIpc) is 2.25. The minimum Gasteiger partial charge on any atom is -0.309 e. The van der Waals surface area contributed by atoms with Crippen LogP contribution in [0.1, 0.15) is 26.7 Å². The Balaban J connectivity index is 4.63. The van der Waals surface area contributed by atoms with Crippen LogP contribution in [-0.2, 0) is 0 Å². The van der Waals surface area contributed by atoms with Crippen LogP contribution in [0.5, 0.6) is 0 Å². The molecule has 100 valence electrons. The number of aliphatic imine (C=N–C) groups is 2. The highest BCUT2D eigenvalue weighted by molar-refractivity contribution is 5.41. The van der Waals surface area contributed by atoms with Crippen molar-refractivity contribution in [2.75, 3.05) is 41.3 Å². The minimum atomic E-state index is 0.285. The third kappa shape index (κ3) is 7.27. The number of rotatable bonds is 8. The molecule has 0 aliphatic heterocycles. The van der Waals surface area contributed by atoms with Crippen molar-refractivity contribution in [3.8, 4) is 0 Å². The lowest BCUT2D eigenvalue weighted by atomic mass is 10.0. The maximum absolute atomic E-state index is 4.49. The van der Waals surface area contributed by atoms with Crippen LogP contribution in [0.15, 0.2) is 9.98 Å². The first-order valence-electron chi connectivity index (χ1n) is 6.45. The van der Waals surface area contributed by atoms with E-state index in [-0.39, 0.29) is 6.04 Å². The first kappa shape index (κ1) is 16.3. The van der Waals surface area contributed by atoms with E-state index in [0.717, 1.165) is 25.9 Å². The maximum atomic E-state index is 4.49. The van der Waals surface area contributed by atoms with Gasteiger partial charge < -0.3 is 9.80 Å². The second kappa shape index (κ2) is 9.34. The lowest BCUT2D eigenvalue weighted by Gasteiger charge is -2.29. The van der Waals surface area contributed by atoms with Gasteiger partial charge in [0.2, 0.25) is 0 Å².